The molecular formula is C15H17FN3O3S2+. The number of hydrogen-bond acceptors (Lipinski definition) is 6. The van der Waals surface area contributed by atoms with Gasteiger partial charge in [0.05, 0.1) is 5.75 Å². The molecule has 3 rings (SSSR count). The quantitative estimate of drug-likeness (QED) is 0.732. The lowest BCUT2D eigenvalue weighted by molar-refractivity contribution is 0.0764. The highest BCUT2D eigenvalue weighted by Crippen LogP contribution is 2.34. The lowest BCUT2D eigenvalue weighted by Crippen LogP contribution is -2.58. The number of nitrogens with zero attached hydrogens (tertiary/aromatic N) is 3. The van der Waals surface area contributed by atoms with Gasteiger partial charge in [0.15, 0.2) is 0 Å². The minimum absolute atomic E-state index is 0.0585. The summed E-state index contributed by atoms with van der Waals surface area (Å²) in [5, 5.41) is -0.000814. The summed E-state index contributed by atoms with van der Waals surface area (Å²) < 4.78 is 46.8. The molecule has 0 spiro atoms. The number of halogens is 1. The summed E-state index contributed by atoms with van der Waals surface area (Å²) in [4.78, 5) is 3.98. The molecule has 9 heteroatoms. The zero-order valence-corrected chi connectivity index (χ0v) is 14.8. The van der Waals surface area contributed by atoms with Crippen LogP contribution in [0.3, 0.4) is 0 Å². The van der Waals surface area contributed by atoms with Gasteiger partial charge in [0.1, 0.15) is 24.2 Å². The van der Waals surface area contributed by atoms with E-state index in [4.69, 9.17) is 4.74 Å². The Hall–Kier alpha value is -1.84. The van der Waals surface area contributed by atoms with E-state index in [1.165, 1.54) is 12.1 Å². The predicted molar refractivity (Wildman–Crippen MR) is 89.9 cm³/mol. The summed E-state index contributed by atoms with van der Waals surface area (Å²) in [7, 11) is -3.45. The molecule has 2 aromatic rings. The average Bonchev–Trinajstić information content (AvgIpc) is 2.97. The van der Waals surface area contributed by atoms with Crippen molar-refractivity contribution in [3.63, 3.8) is 0 Å². The molecule has 1 aliphatic rings. The highest BCUT2D eigenvalue weighted by atomic mass is 32.2. The molecule has 0 saturated heterocycles. The van der Waals surface area contributed by atoms with Crippen LogP contribution in [0.25, 0.3) is 0 Å². The Morgan fingerprint density at radius 2 is 2.04 bits per heavy atom. The second-order valence-corrected chi connectivity index (χ2v) is 8.32. The summed E-state index contributed by atoms with van der Waals surface area (Å²) in [5.41, 5.74) is 0.886. The third-order valence-electron chi connectivity index (χ3n) is 4.05. The maximum Gasteiger partial charge on any atom is 0.298 e. The maximum atomic E-state index is 13.2. The van der Waals surface area contributed by atoms with Gasteiger partial charge in [0.2, 0.25) is 16.1 Å². The highest BCUT2D eigenvalue weighted by Gasteiger charge is 2.41. The van der Waals surface area contributed by atoms with Gasteiger partial charge in [-0.2, -0.15) is 9.36 Å². The summed E-state index contributed by atoms with van der Waals surface area (Å²) >= 11 is 0.912. The SMILES string of the molecule is CCS(=O)(=O)c1nsc(OC(C)[N+]2(c3ccc(F)cc3)C=CC2)n1. The number of hydrogen-bond donors (Lipinski definition) is 0. The first kappa shape index (κ1) is 17.0. The number of benzene rings is 1. The lowest BCUT2D eigenvalue weighted by Gasteiger charge is -2.42. The Morgan fingerprint density at radius 1 is 1.38 bits per heavy atom. The van der Waals surface area contributed by atoms with E-state index in [0.717, 1.165) is 17.2 Å². The molecule has 1 aromatic carbocycles. The fourth-order valence-corrected chi connectivity index (χ4v) is 4.07. The second kappa shape index (κ2) is 6.23. The molecule has 0 N–H and O–H groups in total. The molecule has 1 aliphatic heterocycles. The van der Waals surface area contributed by atoms with Crippen LogP contribution in [-0.2, 0) is 9.84 Å². The largest absolute Gasteiger partial charge is 0.415 e. The molecule has 1 aromatic heterocycles. The van der Waals surface area contributed by atoms with Crippen molar-refractivity contribution in [2.75, 3.05) is 12.3 Å². The second-order valence-electron chi connectivity index (χ2n) is 5.44. The minimum Gasteiger partial charge on any atom is -0.415 e. The van der Waals surface area contributed by atoms with E-state index in [2.05, 4.69) is 9.36 Å². The van der Waals surface area contributed by atoms with Crippen LogP contribution in [0.2, 0.25) is 0 Å². The first-order valence-electron chi connectivity index (χ1n) is 7.42. The van der Waals surface area contributed by atoms with Gasteiger partial charge >= 0.3 is 0 Å². The molecule has 0 radical (unpaired) electrons. The van der Waals surface area contributed by atoms with Crippen molar-refractivity contribution in [3.05, 3.63) is 42.4 Å². The molecular weight excluding hydrogens is 353 g/mol. The molecule has 0 fully saturated rings. The number of ether oxygens (including phenoxy) is 1. The summed E-state index contributed by atoms with van der Waals surface area (Å²) in [6.45, 7) is 4.10. The van der Waals surface area contributed by atoms with Gasteiger partial charge in [-0.05, 0) is 12.1 Å². The molecule has 24 heavy (non-hydrogen) atoms. The fourth-order valence-electron chi connectivity index (χ4n) is 2.46. The molecule has 0 saturated carbocycles. The number of aromatic nitrogens is 2. The Labute approximate surface area is 143 Å². The van der Waals surface area contributed by atoms with Crippen molar-refractivity contribution in [2.45, 2.75) is 25.2 Å². The van der Waals surface area contributed by atoms with Crippen LogP contribution in [0.15, 0.2) is 41.7 Å². The zero-order valence-electron chi connectivity index (χ0n) is 13.2. The maximum absolute atomic E-state index is 13.2. The number of sulfone groups is 1. The van der Waals surface area contributed by atoms with Gasteiger partial charge in [-0.15, -0.1) is 0 Å². The van der Waals surface area contributed by atoms with E-state index in [-0.39, 0.29) is 28.1 Å². The van der Waals surface area contributed by atoms with Crippen molar-refractivity contribution in [1.82, 2.24) is 13.8 Å². The van der Waals surface area contributed by atoms with Crippen LogP contribution in [0, 0.1) is 5.82 Å². The Bertz CT molecular complexity index is 864. The van der Waals surface area contributed by atoms with E-state index >= 15 is 0 Å². The standard InChI is InChI=1S/C15H17FN3O3S2/c1-3-24(20,21)14-17-15(23-18-14)22-11(2)19(9-4-10-19)13-7-5-12(16)6-8-13/h4-9,11H,3,10H2,1-2H3/q+1. The summed E-state index contributed by atoms with van der Waals surface area (Å²) in [5.74, 6) is -0.356. The van der Waals surface area contributed by atoms with Crippen LogP contribution in [0.1, 0.15) is 13.8 Å². The van der Waals surface area contributed by atoms with Gasteiger partial charge in [0, 0.05) is 36.7 Å². The van der Waals surface area contributed by atoms with Gasteiger partial charge in [-0.25, -0.2) is 17.3 Å². The predicted octanol–water partition coefficient (Wildman–Crippen LogP) is 2.73. The molecule has 2 heterocycles. The molecule has 0 amide bonds. The summed E-state index contributed by atoms with van der Waals surface area (Å²) in [6, 6.07) is 6.24. The van der Waals surface area contributed by atoms with Crippen LogP contribution in [0.5, 0.6) is 5.19 Å². The first-order valence-corrected chi connectivity index (χ1v) is 9.84. The van der Waals surface area contributed by atoms with Gasteiger partial charge in [0.25, 0.3) is 10.4 Å². The number of rotatable bonds is 6. The van der Waals surface area contributed by atoms with Crippen molar-refractivity contribution in [3.8, 4) is 5.19 Å². The van der Waals surface area contributed by atoms with Crippen molar-refractivity contribution in [1.29, 1.82) is 0 Å². The molecule has 2 unspecified atom stereocenters. The van der Waals surface area contributed by atoms with Crippen molar-refractivity contribution >= 4 is 27.1 Å². The molecule has 0 bridgehead atoms. The lowest BCUT2D eigenvalue weighted by atomic mass is 10.1. The fraction of sp³-hybridized carbons (Fsp3) is 0.333. The van der Waals surface area contributed by atoms with Crippen molar-refractivity contribution in [2.24, 2.45) is 0 Å². The van der Waals surface area contributed by atoms with Gasteiger partial charge < -0.3 is 4.74 Å². The van der Waals surface area contributed by atoms with Crippen LogP contribution >= 0.6 is 11.5 Å². The zero-order chi connectivity index (χ0) is 17.4. The van der Waals surface area contributed by atoms with E-state index < -0.39 is 9.84 Å². The van der Waals surface area contributed by atoms with E-state index in [1.807, 2.05) is 19.2 Å². The summed E-state index contributed by atoms with van der Waals surface area (Å²) in [6.07, 6.45) is 3.60. The highest BCUT2D eigenvalue weighted by molar-refractivity contribution is 7.91. The topological polar surface area (TPSA) is 69.2 Å². The average molecular weight is 370 g/mol. The molecule has 6 nitrogen and oxygen atoms in total. The Kier molecular flexibility index (Phi) is 4.41. The van der Waals surface area contributed by atoms with Gasteiger partial charge in [-0.1, -0.05) is 6.92 Å². The Balaban J connectivity index is 1.82. The third-order valence-corrected chi connectivity index (χ3v) is 6.28. The smallest absolute Gasteiger partial charge is 0.298 e. The Morgan fingerprint density at radius 3 is 2.58 bits per heavy atom. The van der Waals surface area contributed by atoms with Crippen LogP contribution in [0.4, 0.5) is 10.1 Å². The molecule has 128 valence electrons. The third kappa shape index (κ3) is 2.94. The normalized spacial score (nSPS) is 21.3. The molecule has 0 aliphatic carbocycles. The van der Waals surface area contributed by atoms with Crippen LogP contribution < -0.4 is 9.22 Å². The van der Waals surface area contributed by atoms with Gasteiger partial charge in [-0.3, -0.25) is 0 Å². The van der Waals surface area contributed by atoms with Crippen molar-refractivity contribution < 1.29 is 17.5 Å². The number of quaternary nitrogens is 1. The van der Waals surface area contributed by atoms with E-state index in [0.29, 0.717) is 11.0 Å². The minimum atomic E-state index is -3.45. The first-order chi connectivity index (χ1) is 11.4. The van der Waals surface area contributed by atoms with E-state index in [9.17, 15) is 12.8 Å². The van der Waals surface area contributed by atoms with E-state index in [1.54, 1.807) is 19.1 Å². The van der Waals surface area contributed by atoms with Crippen LogP contribution in [-0.4, -0.2) is 36.3 Å². The monoisotopic (exact) mass is 370 g/mol. The molecule has 2 atom stereocenters.